The highest BCUT2D eigenvalue weighted by Gasteiger charge is 2.27. The van der Waals surface area contributed by atoms with E-state index in [-0.39, 0.29) is 12.5 Å². The number of methoxy groups -OCH3 is 1. The topological polar surface area (TPSA) is 83.8 Å². The molecule has 1 aromatic heterocycles. The van der Waals surface area contributed by atoms with E-state index in [2.05, 4.69) is 31.8 Å². The lowest BCUT2D eigenvalue weighted by molar-refractivity contribution is -0.120. The van der Waals surface area contributed by atoms with Crippen LogP contribution in [0.25, 0.3) is 0 Å². The quantitative estimate of drug-likeness (QED) is 0.421. The minimum absolute atomic E-state index is 0.0637. The summed E-state index contributed by atoms with van der Waals surface area (Å²) in [6.45, 7) is 3.05. The second-order valence-corrected chi connectivity index (χ2v) is 5.62. The summed E-state index contributed by atoms with van der Waals surface area (Å²) in [5, 5.41) is 10.1. The first-order valence-corrected chi connectivity index (χ1v) is 7.83. The van der Waals surface area contributed by atoms with Crippen molar-refractivity contribution in [2.45, 2.75) is 12.3 Å². The van der Waals surface area contributed by atoms with Crippen LogP contribution in [-0.4, -0.2) is 73.5 Å². The van der Waals surface area contributed by atoms with Crippen molar-refractivity contribution in [3.05, 3.63) is 18.0 Å². The van der Waals surface area contributed by atoms with E-state index in [0.29, 0.717) is 19.1 Å². The molecule has 1 aliphatic rings. The number of aliphatic imine (C=N–C) groups is 1. The van der Waals surface area contributed by atoms with Gasteiger partial charge in [0.15, 0.2) is 5.96 Å². The van der Waals surface area contributed by atoms with Crippen molar-refractivity contribution in [1.82, 2.24) is 25.3 Å². The van der Waals surface area contributed by atoms with Gasteiger partial charge in [-0.05, 0) is 12.0 Å². The molecular formula is C15H26N6O2. The largest absolute Gasteiger partial charge is 0.383 e. The number of hydrogen-bond acceptors (Lipinski definition) is 4. The summed E-state index contributed by atoms with van der Waals surface area (Å²) < 4.78 is 6.73. The zero-order valence-electron chi connectivity index (χ0n) is 14.1. The van der Waals surface area contributed by atoms with Gasteiger partial charge in [-0.3, -0.25) is 14.5 Å². The molecule has 1 saturated heterocycles. The normalized spacial score (nSPS) is 18.3. The molecular weight excluding hydrogens is 296 g/mol. The maximum atomic E-state index is 11.7. The van der Waals surface area contributed by atoms with E-state index in [1.807, 2.05) is 17.9 Å². The van der Waals surface area contributed by atoms with E-state index in [4.69, 9.17) is 4.74 Å². The number of rotatable bonds is 6. The third-order valence-electron chi connectivity index (χ3n) is 3.93. The molecule has 1 aliphatic heterocycles. The lowest BCUT2D eigenvalue weighted by Gasteiger charge is -2.21. The number of guanidine groups is 1. The fourth-order valence-electron chi connectivity index (χ4n) is 2.72. The van der Waals surface area contributed by atoms with E-state index in [1.165, 1.54) is 5.56 Å². The van der Waals surface area contributed by atoms with E-state index >= 15 is 0 Å². The van der Waals surface area contributed by atoms with E-state index in [9.17, 15) is 4.79 Å². The third-order valence-corrected chi connectivity index (χ3v) is 3.93. The summed E-state index contributed by atoms with van der Waals surface area (Å²) in [5.74, 6) is 1.15. The van der Waals surface area contributed by atoms with Gasteiger partial charge in [0.2, 0.25) is 5.91 Å². The zero-order valence-corrected chi connectivity index (χ0v) is 14.1. The predicted molar refractivity (Wildman–Crippen MR) is 88.4 cm³/mol. The fourth-order valence-corrected chi connectivity index (χ4v) is 2.72. The number of nitrogens with zero attached hydrogens (tertiary/aromatic N) is 4. The van der Waals surface area contributed by atoms with Gasteiger partial charge in [0.25, 0.3) is 0 Å². The van der Waals surface area contributed by atoms with Crippen LogP contribution in [0, 0.1) is 0 Å². The molecule has 2 N–H and O–H groups in total. The van der Waals surface area contributed by atoms with Crippen molar-refractivity contribution >= 4 is 11.9 Å². The van der Waals surface area contributed by atoms with Gasteiger partial charge in [-0.25, -0.2) is 0 Å². The van der Waals surface area contributed by atoms with Crippen LogP contribution in [0.15, 0.2) is 17.4 Å². The highest BCUT2D eigenvalue weighted by atomic mass is 16.5. The highest BCUT2D eigenvalue weighted by Crippen LogP contribution is 2.26. The number of amides is 1. The Kier molecular flexibility index (Phi) is 6.40. The Labute approximate surface area is 136 Å². The average Bonchev–Trinajstić information content (AvgIpc) is 3.17. The molecule has 0 aromatic carbocycles. The van der Waals surface area contributed by atoms with Crippen LogP contribution in [0.1, 0.15) is 17.9 Å². The smallest absolute Gasteiger partial charge is 0.239 e. The SMILES string of the molecule is CN=C(NCC(=O)NCCOC)N1CCC(c2cnn(C)c2)C1. The molecule has 2 rings (SSSR count). The number of hydrogen-bond donors (Lipinski definition) is 2. The molecule has 0 saturated carbocycles. The third kappa shape index (κ3) is 4.95. The minimum Gasteiger partial charge on any atom is -0.383 e. The highest BCUT2D eigenvalue weighted by molar-refractivity contribution is 5.86. The Hall–Kier alpha value is -2.09. The molecule has 0 aliphatic carbocycles. The minimum atomic E-state index is -0.0637. The molecule has 1 amide bonds. The molecule has 8 heteroatoms. The van der Waals surface area contributed by atoms with Gasteiger partial charge in [-0.1, -0.05) is 0 Å². The first-order chi connectivity index (χ1) is 11.1. The molecule has 0 radical (unpaired) electrons. The van der Waals surface area contributed by atoms with Crippen LogP contribution in [-0.2, 0) is 16.6 Å². The average molecular weight is 322 g/mol. The maximum absolute atomic E-state index is 11.7. The van der Waals surface area contributed by atoms with Crippen LogP contribution in [0.4, 0.5) is 0 Å². The zero-order chi connectivity index (χ0) is 16.7. The molecule has 128 valence electrons. The molecule has 1 aromatic rings. The van der Waals surface area contributed by atoms with Crippen molar-refractivity contribution in [2.75, 3.05) is 46.9 Å². The number of aryl methyl sites for hydroxylation is 1. The maximum Gasteiger partial charge on any atom is 0.239 e. The number of nitrogens with one attached hydrogen (secondary N) is 2. The first kappa shape index (κ1) is 17.3. The summed E-state index contributed by atoms with van der Waals surface area (Å²) >= 11 is 0. The van der Waals surface area contributed by atoms with Crippen molar-refractivity contribution in [2.24, 2.45) is 12.0 Å². The second-order valence-electron chi connectivity index (χ2n) is 5.62. The molecule has 1 fully saturated rings. The molecule has 0 bridgehead atoms. The summed E-state index contributed by atoms with van der Waals surface area (Å²) in [6.07, 6.45) is 5.05. The monoisotopic (exact) mass is 322 g/mol. The summed E-state index contributed by atoms with van der Waals surface area (Å²) in [7, 11) is 5.28. The van der Waals surface area contributed by atoms with Crippen LogP contribution in [0.5, 0.6) is 0 Å². The van der Waals surface area contributed by atoms with Gasteiger partial charge in [0.05, 0.1) is 19.3 Å². The first-order valence-electron chi connectivity index (χ1n) is 7.83. The van der Waals surface area contributed by atoms with Crippen LogP contribution in [0.3, 0.4) is 0 Å². The van der Waals surface area contributed by atoms with Crippen molar-refractivity contribution in [3.63, 3.8) is 0 Å². The van der Waals surface area contributed by atoms with Crippen LogP contribution >= 0.6 is 0 Å². The Balaban J connectivity index is 1.79. The number of aromatic nitrogens is 2. The molecule has 8 nitrogen and oxygen atoms in total. The number of ether oxygens (including phenoxy) is 1. The lowest BCUT2D eigenvalue weighted by atomic mass is 10.0. The Morgan fingerprint density at radius 1 is 1.52 bits per heavy atom. The van der Waals surface area contributed by atoms with Crippen LogP contribution < -0.4 is 10.6 Å². The van der Waals surface area contributed by atoms with Gasteiger partial charge in [-0.15, -0.1) is 0 Å². The van der Waals surface area contributed by atoms with E-state index < -0.39 is 0 Å². The molecule has 2 heterocycles. The van der Waals surface area contributed by atoms with Gasteiger partial charge in [0.1, 0.15) is 0 Å². The van der Waals surface area contributed by atoms with Crippen LogP contribution in [0.2, 0.25) is 0 Å². The number of likely N-dealkylation sites (tertiary alicyclic amines) is 1. The Morgan fingerprint density at radius 2 is 2.35 bits per heavy atom. The predicted octanol–water partition coefficient (Wildman–Crippen LogP) is -0.453. The summed E-state index contributed by atoms with van der Waals surface area (Å²) in [5.41, 5.74) is 1.25. The fraction of sp³-hybridized carbons (Fsp3) is 0.667. The van der Waals surface area contributed by atoms with Gasteiger partial charge in [-0.2, -0.15) is 5.10 Å². The summed E-state index contributed by atoms with van der Waals surface area (Å²) in [6, 6.07) is 0. The Morgan fingerprint density at radius 3 is 3.00 bits per heavy atom. The van der Waals surface area contributed by atoms with Crippen molar-refractivity contribution in [3.8, 4) is 0 Å². The number of carbonyl (C=O) groups excluding carboxylic acids is 1. The van der Waals surface area contributed by atoms with Crippen molar-refractivity contribution in [1.29, 1.82) is 0 Å². The number of carbonyl (C=O) groups is 1. The summed E-state index contributed by atoms with van der Waals surface area (Å²) in [4.78, 5) is 18.2. The van der Waals surface area contributed by atoms with Crippen molar-refractivity contribution < 1.29 is 9.53 Å². The molecule has 1 unspecified atom stereocenters. The standard InChI is InChI=1S/C15H26N6O2/c1-16-15(18-9-14(22)17-5-7-23-3)21-6-4-12(11-21)13-8-19-20(2)10-13/h8,10,12H,4-7,9,11H2,1-3H3,(H,16,18)(H,17,22). The Bertz CT molecular complexity index is 542. The van der Waals surface area contributed by atoms with E-state index in [0.717, 1.165) is 25.5 Å². The van der Waals surface area contributed by atoms with Gasteiger partial charge >= 0.3 is 0 Å². The van der Waals surface area contributed by atoms with E-state index in [1.54, 1.807) is 14.2 Å². The van der Waals surface area contributed by atoms with Gasteiger partial charge < -0.3 is 20.3 Å². The molecule has 23 heavy (non-hydrogen) atoms. The second kappa shape index (κ2) is 8.52. The lowest BCUT2D eigenvalue weighted by Crippen LogP contribution is -2.45. The van der Waals surface area contributed by atoms with Gasteiger partial charge in [0, 0.05) is 53.0 Å². The molecule has 1 atom stereocenters. The molecule has 0 spiro atoms.